The van der Waals surface area contributed by atoms with Gasteiger partial charge in [-0.1, -0.05) is 37.6 Å². The first-order valence-electron chi connectivity index (χ1n) is 8.38. The van der Waals surface area contributed by atoms with Gasteiger partial charge in [-0.2, -0.15) is 4.57 Å². The van der Waals surface area contributed by atoms with Crippen molar-refractivity contribution in [2.24, 2.45) is 0 Å². The molecule has 118 valence electrons. The van der Waals surface area contributed by atoms with Gasteiger partial charge in [-0.25, -0.2) is 4.57 Å². The molecule has 2 aromatic carbocycles. The molecule has 3 rings (SSSR count). The van der Waals surface area contributed by atoms with Gasteiger partial charge in [0.05, 0.1) is 6.54 Å². The highest BCUT2D eigenvalue weighted by Gasteiger charge is 2.26. The Morgan fingerprint density at radius 2 is 1.91 bits per heavy atom. The SMILES string of the molecule is CCCC[n+]1c(BO)n(-c2cc(C)ccc2C)c2ccccc21. The fourth-order valence-electron chi connectivity index (χ4n) is 3.23. The monoisotopic (exact) mass is 307 g/mol. The second kappa shape index (κ2) is 6.59. The molecular weight excluding hydrogens is 283 g/mol. The predicted octanol–water partition coefficient (Wildman–Crippen LogP) is 2.30. The summed E-state index contributed by atoms with van der Waals surface area (Å²) < 4.78 is 4.48. The van der Waals surface area contributed by atoms with Crippen molar-refractivity contribution >= 4 is 24.2 Å². The molecule has 0 atom stereocenters. The molecule has 0 spiro atoms. The number of hydrogen-bond donors (Lipinski definition) is 1. The third-order valence-corrected chi connectivity index (χ3v) is 4.47. The highest BCUT2D eigenvalue weighted by atomic mass is 16.2. The Morgan fingerprint density at radius 3 is 2.65 bits per heavy atom. The summed E-state index contributed by atoms with van der Waals surface area (Å²) in [6, 6.07) is 14.9. The number of hydrogen-bond acceptors (Lipinski definition) is 1. The van der Waals surface area contributed by atoms with Crippen LogP contribution in [0.4, 0.5) is 0 Å². The third-order valence-electron chi connectivity index (χ3n) is 4.47. The Morgan fingerprint density at radius 1 is 1.13 bits per heavy atom. The van der Waals surface area contributed by atoms with Crippen LogP contribution in [0, 0.1) is 13.8 Å². The number of fused-ring (bicyclic) bond motifs is 1. The molecule has 0 aliphatic carbocycles. The molecule has 0 fully saturated rings. The first kappa shape index (κ1) is 15.8. The van der Waals surface area contributed by atoms with Gasteiger partial charge in [0.1, 0.15) is 5.69 Å². The van der Waals surface area contributed by atoms with E-state index >= 15 is 0 Å². The van der Waals surface area contributed by atoms with Crippen molar-refractivity contribution in [3.05, 3.63) is 53.6 Å². The number of aromatic nitrogens is 2. The number of rotatable bonds is 5. The van der Waals surface area contributed by atoms with E-state index in [0.717, 1.165) is 36.3 Å². The largest absolute Gasteiger partial charge is 0.443 e. The topological polar surface area (TPSA) is 29.0 Å². The van der Waals surface area contributed by atoms with Crippen molar-refractivity contribution in [2.75, 3.05) is 0 Å². The summed E-state index contributed by atoms with van der Waals surface area (Å²) in [5, 5.41) is 10.1. The number of para-hydroxylation sites is 2. The van der Waals surface area contributed by atoms with Crippen LogP contribution in [0.15, 0.2) is 42.5 Å². The normalized spacial score (nSPS) is 11.1. The number of unbranched alkanes of at least 4 members (excludes halogenated alkanes) is 1. The van der Waals surface area contributed by atoms with Crippen molar-refractivity contribution in [1.29, 1.82) is 0 Å². The average molecular weight is 307 g/mol. The number of nitrogens with zero attached hydrogens (tertiary/aromatic N) is 2. The first-order valence-corrected chi connectivity index (χ1v) is 8.38. The maximum atomic E-state index is 10.1. The highest BCUT2D eigenvalue weighted by Crippen LogP contribution is 2.20. The highest BCUT2D eigenvalue weighted by molar-refractivity contribution is 6.42. The van der Waals surface area contributed by atoms with Gasteiger partial charge in [-0.3, -0.25) is 0 Å². The van der Waals surface area contributed by atoms with Crippen LogP contribution in [0.2, 0.25) is 0 Å². The quantitative estimate of drug-likeness (QED) is 0.569. The Balaban J connectivity index is 2.33. The van der Waals surface area contributed by atoms with Crippen LogP contribution in [-0.2, 0) is 6.54 Å². The summed E-state index contributed by atoms with van der Waals surface area (Å²) in [5.41, 5.74) is 6.89. The molecule has 0 aliphatic heterocycles. The summed E-state index contributed by atoms with van der Waals surface area (Å²) in [6.07, 6.45) is 2.25. The Kier molecular flexibility index (Phi) is 4.53. The van der Waals surface area contributed by atoms with Crippen molar-refractivity contribution in [3.8, 4) is 5.69 Å². The van der Waals surface area contributed by atoms with Crippen LogP contribution in [-0.4, -0.2) is 17.1 Å². The predicted molar refractivity (Wildman–Crippen MR) is 96.9 cm³/mol. The Bertz CT molecular complexity index is 839. The fraction of sp³-hybridized carbons (Fsp3) is 0.316. The molecule has 3 nitrogen and oxygen atoms in total. The zero-order valence-electron chi connectivity index (χ0n) is 14.2. The Labute approximate surface area is 138 Å². The third kappa shape index (κ3) is 2.79. The minimum atomic E-state index is 0.0335. The molecule has 4 heteroatoms. The van der Waals surface area contributed by atoms with E-state index in [4.69, 9.17) is 0 Å². The second-order valence-electron chi connectivity index (χ2n) is 6.19. The maximum absolute atomic E-state index is 10.1. The minimum absolute atomic E-state index is 0.0335. The van der Waals surface area contributed by atoms with Crippen LogP contribution in [0.1, 0.15) is 30.9 Å². The van der Waals surface area contributed by atoms with Crippen LogP contribution in [0.25, 0.3) is 16.7 Å². The van der Waals surface area contributed by atoms with Gasteiger partial charge in [0.25, 0.3) is 0 Å². The molecule has 0 saturated heterocycles. The molecule has 23 heavy (non-hydrogen) atoms. The van der Waals surface area contributed by atoms with Crippen LogP contribution >= 0.6 is 0 Å². The lowest BCUT2D eigenvalue weighted by atomic mass is 9.99. The van der Waals surface area contributed by atoms with Crippen molar-refractivity contribution in [2.45, 2.75) is 40.2 Å². The van der Waals surface area contributed by atoms with Gasteiger partial charge in [-0.15, -0.1) is 0 Å². The number of imidazole rings is 1. The molecule has 0 bridgehead atoms. The molecule has 0 amide bonds. The van der Waals surface area contributed by atoms with E-state index in [1.165, 1.54) is 16.6 Å². The van der Waals surface area contributed by atoms with Gasteiger partial charge >= 0.3 is 7.48 Å². The zero-order chi connectivity index (χ0) is 16.4. The molecule has 0 unspecified atom stereocenters. The maximum Gasteiger partial charge on any atom is 0.411 e. The van der Waals surface area contributed by atoms with E-state index in [9.17, 15) is 5.02 Å². The summed E-state index contributed by atoms with van der Waals surface area (Å²) in [4.78, 5) is 0. The summed E-state index contributed by atoms with van der Waals surface area (Å²) >= 11 is 0. The van der Waals surface area contributed by atoms with Crippen molar-refractivity contribution in [3.63, 3.8) is 0 Å². The van der Waals surface area contributed by atoms with Crippen LogP contribution < -0.4 is 10.3 Å². The minimum Gasteiger partial charge on any atom is -0.443 e. The number of aryl methyl sites for hydroxylation is 3. The van der Waals surface area contributed by atoms with Gasteiger partial charge < -0.3 is 5.02 Å². The lowest BCUT2D eigenvalue weighted by molar-refractivity contribution is -0.655. The summed E-state index contributed by atoms with van der Waals surface area (Å²) in [5.74, 6) is 0. The van der Waals surface area contributed by atoms with Crippen molar-refractivity contribution in [1.82, 2.24) is 4.57 Å². The van der Waals surface area contributed by atoms with Gasteiger partial charge in [0, 0.05) is 0 Å². The van der Waals surface area contributed by atoms with Gasteiger partial charge in [0.2, 0.25) is 5.72 Å². The molecule has 3 aromatic rings. The van der Waals surface area contributed by atoms with Gasteiger partial charge in [-0.05, 0) is 49.6 Å². The zero-order valence-corrected chi connectivity index (χ0v) is 14.2. The molecule has 0 radical (unpaired) electrons. The van der Waals surface area contributed by atoms with E-state index in [0.29, 0.717) is 0 Å². The van der Waals surface area contributed by atoms with E-state index in [2.05, 4.69) is 72.4 Å². The molecule has 1 aromatic heterocycles. The fourth-order valence-corrected chi connectivity index (χ4v) is 3.23. The standard InChI is InChI=1S/C19H24BN2O/c1-4-5-12-21-16-8-6-7-9-17(16)22(19(21)20-23)18-13-14(2)10-11-15(18)3/h6-11,13,20,23H,4-5,12H2,1-3H3/q+1. The van der Waals surface area contributed by atoms with E-state index in [-0.39, 0.29) is 7.48 Å². The van der Waals surface area contributed by atoms with Gasteiger partial charge in [0.15, 0.2) is 11.0 Å². The molecule has 0 aliphatic rings. The molecule has 1 N–H and O–H groups in total. The summed E-state index contributed by atoms with van der Waals surface area (Å²) in [7, 11) is 0.0335. The van der Waals surface area contributed by atoms with E-state index in [1.807, 2.05) is 0 Å². The number of benzene rings is 2. The van der Waals surface area contributed by atoms with E-state index < -0.39 is 0 Å². The molecule has 0 saturated carbocycles. The average Bonchev–Trinajstić information content (AvgIpc) is 2.88. The summed E-state index contributed by atoms with van der Waals surface area (Å²) in [6.45, 7) is 7.37. The van der Waals surface area contributed by atoms with Crippen molar-refractivity contribution < 1.29 is 9.59 Å². The lowest BCUT2D eigenvalue weighted by Crippen LogP contribution is -2.53. The first-order chi connectivity index (χ1) is 11.2. The lowest BCUT2D eigenvalue weighted by Gasteiger charge is -2.06. The Hall–Kier alpha value is -2.07. The van der Waals surface area contributed by atoms with E-state index in [1.54, 1.807) is 0 Å². The van der Waals surface area contributed by atoms with Crippen LogP contribution in [0.3, 0.4) is 0 Å². The van der Waals surface area contributed by atoms with Crippen LogP contribution in [0.5, 0.6) is 0 Å². The molecule has 1 heterocycles. The molecular formula is C19H24BN2O+. The smallest absolute Gasteiger partial charge is 0.411 e. The second-order valence-corrected chi connectivity index (χ2v) is 6.19.